The van der Waals surface area contributed by atoms with E-state index in [0.29, 0.717) is 29.0 Å². The fourth-order valence-electron chi connectivity index (χ4n) is 3.10. The van der Waals surface area contributed by atoms with Crippen LogP contribution in [0.5, 0.6) is 17.2 Å². The van der Waals surface area contributed by atoms with E-state index in [9.17, 15) is 0 Å². The van der Waals surface area contributed by atoms with Gasteiger partial charge in [0, 0.05) is 16.5 Å². The molecule has 1 N–H and O–H groups in total. The highest BCUT2D eigenvalue weighted by atomic mass is 32.1. The number of anilines is 1. The summed E-state index contributed by atoms with van der Waals surface area (Å²) in [6.45, 7) is 0.417. The Kier molecular flexibility index (Phi) is 6.99. The van der Waals surface area contributed by atoms with Gasteiger partial charge in [0.05, 0.1) is 26.1 Å². The molecule has 0 saturated carbocycles. The number of methoxy groups -OCH3 is 2. The SMILES string of the molecule is COc1cc(C=NNc2nc(-c3ccccc3)cs2)cc(OCc2ccccc2)c1OC. The maximum Gasteiger partial charge on any atom is 0.203 e. The van der Waals surface area contributed by atoms with Gasteiger partial charge in [0.1, 0.15) is 6.61 Å². The zero-order chi connectivity index (χ0) is 22.2. The van der Waals surface area contributed by atoms with Gasteiger partial charge < -0.3 is 14.2 Å². The first-order valence-electron chi connectivity index (χ1n) is 9.99. The molecule has 0 unspecified atom stereocenters. The molecule has 4 aromatic rings. The van der Waals surface area contributed by atoms with E-state index in [4.69, 9.17) is 14.2 Å². The molecule has 0 aliphatic heterocycles. The van der Waals surface area contributed by atoms with E-state index in [1.54, 1.807) is 20.4 Å². The lowest BCUT2D eigenvalue weighted by Crippen LogP contribution is -2.01. The van der Waals surface area contributed by atoms with Crippen molar-refractivity contribution in [3.8, 4) is 28.5 Å². The van der Waals surface area contributed by atoms with Crippen LogP contribution in [0.2, 0.25) is 0 Å². The molecule has 162 valence electrons. The predicted molar refractivity (Wildman–Crippen MR) is 129 cm³/mol. The minimum absolute atomic E-state index is 0.417. The Bertz CT molecular complexity index is 1180. The number of nitrogens with zero attached hydrogens (tertiary/aromatic N) is 2. The van der Waals surface area contributed by atoms with Crippen molar-refractivity contribution < 1.29 is 14.2 Å². The van der Waals surface area contributed by atoms with Gasteiger partial charge >= 0.3 is 0 Å². The van der Waals surface area contributed by atoms with E-state index in [1.807, 2.05) is 78.2 Å². The number of nitrogens with one attached hydrogen (secondary N) is 1. The van der Waals surface area contributed by atoms with Crippen LogP contribution < -0.4 is 19.6 Å². The Balaban J connectivity index is 1.49. The van der Waals surface area contributed by atoms with E-state index in [0.717, 1.165) is 22.4 Å². The fourth-order valence-corrected chi connectivity index (χ4v) is 3.76. The van der Waals surface area contributed by atoms with E-state index in [-0.39, 0.29) is 0 Å². The van der Waals surface area contributed by atoms with Crippen LogP contribution in [0.4, 0.5) is 5.13 Å². The van der Waals surface area contributed by atoms with Gasteiger partial charge in [-0.15, -0.1) is 11.3 Å². The average Bonchev–Trinajstić information content (AvgIpc) is 3.32. The number of hydrazone groups is 1. The molecule has 1 aromatic heterocycles. The molecule has 0 atom stereocenters. The standard InChI is InChI=1S/C25H23N3O3S/c1-29-22-13-19(14-23(24(22)30-2)31-16-18-9-5-3-6-10-18)15-26-28-25-27-21(17-32-25)20-11-7-4-8-12-20/h3-15,17H,16H2,1-2H3,(H,27,28). The molecule has 0 radical (unpaired) electrons. The number of benzene rings is 3. The third-order valence-corrected chi connectivity index (χ3v) is 5.40. The summed E-state index contributed by atoms with van der Waals surface area (Å²) in [4.78, 5) is 4.58. The van der Waals surface area contributed by atoms with E-state index in [1.165, 1.54) is 11.3 Å². The van der Waals surface area contributed by atoms with Gasteiger partial charge in [0.15, 0.2) is 11.5 Å². The zero-order valence-corrected chi connectivity index (χ0v) is 18.6. The quantitative estimate of drug-likeness (QED) is 0.258. The van der Waals surface area contributed by atoms with Gasteiger partial charge in [0.2, 0.25) is 10.9 Å². The van der Waals surface area contributed by atoms with Gasteiger partial charge in [-0.3, -0.25) is 5.43 Å². The number of rotatable bonds is 9. The predicted octanol–water partition coefficient (Wildman–Crippen LogP) is 5.85. The third-order valence-electron chi connectivity index (χ3n) is 4.65. The zero-order valence-electron chi connectivity index (χ0n) is 17.8. The number of ether oxygens (including phenoxy) is 3. The lowest BCUT2D eigenvalue weighted by atomic mass is 10.2. The van der Waals surface area contributed by atoms with Crippen LogP contribution in [0.3, 0.4) is 0 Å². The van der Waals surface area contributed by atoms with Gasteiger partial charge in [-0.1, -0.05) is 60.7 Å². The average molecular weight is 446 g/mol. The second-order valence-corrected chi connectivity index (χ2v) is 7.66. The largest absolute Gasteiger partial charge is 0.493 e. The molecule has 0 fully saturated rings. The Morgan fingerprint density at radius 1 is 0.938 bits per heavy atom. The number of hydrogen-bond acceptors (Lipinski definition) is 7. The van der Waals surface area contributed by atoms with Gasteiger partial charge in [-0.05, 0) is 17.7 Å². The first-order chi connectivity index (χ1) is 15.8. The summed E-state index contributed by atoms with van der Waals surface area (Å²) in [5.41, 5.74) is 6.84. The van der Waals surface area contributed by atoms with Crippen molar-refractivity contribution in [1.82, 2.24) is 4.98 Å². The van der Waals surface area contributed by atoms with Gasteiger partial charge in [-0.2, -0.15) is 5.10 Å². The van der Waals surface area contributed by atoms with Crippen LogP contribution in [-0.4, -0.2) is 25.4 Å². The normalized spacial score (nSPS) is 10.8. The molecule has 7 heteroatoms. The van der Waals surface area contributed by atoms with Crippen molar-refractivity contribution in [2.24, 2.45) is 5.10 Å². The smallest absolute Gasteiger partial charge is 0.203 e. The van der Waals surface area contributed by atoms with Crippen molar-refractivity contribution >= 4 is 22.7 Å². The molecule has 0 saturated heterocycles. The Morgan fingerprint density at radius 2 is 1.66 bits per heavy atom. The molecule has 0 aliphatic rings. The van der Waals surface area contributed by atoms with Crippen LogP contribution in [0, 0.1) is 0 Å². The van der Waals surface area contributed by atoms with E-state index in [2.05, 4.69) is 15.5 Å². The molecule has 6 nitrogen and oxygen atoms in total. The number of hydrogen-bond donors (Lipinski definition) is 1. The molecule has 32 heavy (non-hydrogen) atoms. The van der Waals surface area contributed by atoms with Crippen molar-refractivity contribution in [3.05, 3.63) is 89.3 Å². The van der Waals surface area contributed by atoms with E-state index < -0.39 is 0 Å². The van der Waals surface area contributed by atoms with Gasteiger partial charge in [0.25, 0.3) is 0 Å². The fraction of sp³-hybridized carbons (Fsp3) is 0.120. The molecule has 0 bridgehead atoms. The molecule has 0 aliphatic carbocycles. The molecule has 3 aromatic carbocycles. The first-order valence-corrected chi connectivity index (χ1v) is 10.9. The minimum Gasteiger partial charge on any atom is -0.493 e. The first kappa shape index (κ1) is 21.4. The van der Waals surface area contributed by atoms with E-state index >= 15 is 0 Å². The summed E-state index contributed by atoms with van der Waals surface area (Å²) >= 11 is 1.50. The number of aromatic nitrogens is 1. The minimum atomic E-state index is 0.417. The van der Waals surface area contributed by atoms with Crippen LogP contribution >= 0.6 is 11.3 Å². The maximum atomic E-state index is 6.02. The molecule has 0 amide bonds. The number of thiazole rings is 1. The summed E-state index contributed by atoms with van der Waals surface area (Å²) in [5, 5.41) is 7.04. The highest BCUT2D eigenvalue weighted by Crippen LogP contribution is 2.38. The van der Waals surface area contributed by atoms with Crippen LogP contribution in [0.1, 0.15) is 11.1 Å². The third kappa shape index (κ3) is 5.25. The second-order valence-electron chi connectivity index (χ2n) is 6.80. The van der Waals surface area contributed by atoms with Crippen LogP contribution in [0.25, 0.3) is 11.3 Å². The van der Waals surface area contributed by atoms with Crippen molar-refractivity contribution in [1.29, 1.82) is 0 Å². The van der Waals surface area contributed by atoms with Crippen molar-refractivity contribution in [2.45, 2.75) is 6.61 Å². The highest BCUT2D eigenvalue weighted by molar-refractivity contribution is 7.14. The molecule has 4 rings (SSSR count). The summed E-state index contributed by atoms with van der Waals surface area (Å²) in [7, 11) is 3.19. The summed E-state index contributed by atoms with van der Waals surface area (Å²) in [6.07, 6.45) is 1.70. The molecular formula is C25H23N3O3S. The molecular weight excluding hydrogens is 422 g/mol. The monoisotopic (exact) mass is 445 g/mol. The molecule has 1 heterocycles. The van der Waals surface area contributed by atoms with Crippen LogP contribution in [0.15, 0.2) is 83.3 Å². The lowest BCUT2D eigenvalue weighted by Gasteiger charge is -2.15. The summed E-state index contributed by atoms with van der Waals surface area (Å²) in [6, 6.07) is 23.7. The Hall–Kier alpha value is -3.84. The summed E-state index contributed by atoms with van der Waals surface area (Å²) in [5.74, 6) is 1.69. The van der Waals surface area contributed by atoms with Crippen molar-refractivity contribution in [3.63, 3.8) is 0 Å². The second kappa shape index (κ2) is 10.5. The topological polar surface area (TPSA) is 65.0 Å². The molecule has 0 spiro atoms. The van der Waals surface area contributed by atoms with Crippen molar-refractivity contribution in [2.75, 3.05) is 19.6 Å². The summed E-state index contributed by atoms with van der Waals surface area (Å²) < 4.78 is 17.0. The highest BCUT2D eigenvalue weighted by Gasteiger charge is 2.14. The Labute approximate surface area is 191 Å². The Morgan fingerprint density at radius 3 is 2.38 bits per heavy atom. The lowest BCUT2D eigenvalue weighted by molar-refractivity contribution is 0.275. The maximum absolute atomic E-state index is 6.02. The van der Waals surface area contributed by atoms with Crippen LogP contribution in [-0.2, 0) is 6.61 Å². The van der Waals surface area contributed by atoms with Gasteiger partial charge in [-0.25, -0.2) is 4.98 Å².